The molecule has 3 aromatic heterocycles. The molecule has 1 N–H and O–H groups in total. The summed E-state index contributed by atoms with van der Waals surface area (Å²) in [7, 11) is 0. The number of morpholine rings is 1. The molecular formula is C27H30FN7O2. The van der Waals surface area contributed by atoms with Gasteiger partial charge in [-0.1, -0.05) is 18.2 Å². The Morgan fingerprint density at radius 3 is 2.68 bits per heavy atom. The number of aromatic nitrogens is 4. The van der Waals surface area contributed by atoms with E-state index in [0.29, 0.717) is 26.3 Å². The van der Waals surface area contributed by atoms with Gasteiger partial charge in [0.15, 0.2) is 5.65 Å². The molecule has 0 radical (unpaired) electrons. The standard InChI is InChI=1S/C27H30FN7O2/c28-21-4-1-3-20(17-21)24-19-37-16-14-34(24)27-8-7-25-29-18-23(35(25)31-27)22-5-2-6-26(30-22)33-11-9-32(10-12-33)13-15-36/h1-8,17-18,24,36H,9-16,19H2. The van der Waals surface area contributed by atoms with E-state index < -0.39 is 0 Å². The summed E-state index contributed by atoms with van der Waals surface area (Å²) in [5, 5.41) is 14.2. The van der Waals surface area contributed by atoms with Crippen LogP contribution in [-0.4, -0.2) is 88.7 Å². The van der Waals surface area contributed by atoms with E-state index in [9.17, 15) is 9.50 Å². The van der Waals surface area contributed by atoms with Gasteiger partial charge >= 0.3 is 0 Å². The molecule has 2 fully saturated rings. The topological polar surface area (TPSA) is 82.3 Å². The highest BCUT2D eigenvalue weighted by atomic mass is 19.1. The zero-order chi connectivity index (χ0) is 25.2. The SMILES string of the molecule is OCCN1CCN(c2cccc(-c3cnc4ccc(N5CCOCC5c5cccc(F)c5)nn34)n2)CC1. The van der Waals surface area contributed by atoms with Gasteiger partial charge in [-0.25, -0.2) is 18.9 Å². The van der Waals surface area contributed by atoms with Crippen LogP contribution in [0.1, 0.15) is 11.6 Å². The summed E-state index contributed by atoms with van der Waals surface area (Å²) < 4.78 is 21.5. The molecule has 9 nitrogen and oxygen atoms in total. The number of halogens is 1. The van der Waals surface area contributed by atoms with Gasteiger partial charge in [0, 0.05) is 39.3 Å². The van der Waals surface area contributed by atoms with Crippen LogP contribution in [0.5, 0.6) is 0 Å². The van der Waals surface area contributed by atoms with Crippen LogP contribution >= 0.6 is 0 Å². The van der Waals surface area contributed by atoms with Crippen LogP contribution in [0, 0.1) is 5.82 Å². The van der Waals surface area contributed by atoms with Crippen LogP contribution < -0.4 is 9.80 Å². The average Bonchev–Trinajstić information content (AvgIpc) is 3.37. The maximum atomic E-state index is 14.0. The van der Waals surface area contributed by atoms with E-state index in [-0.39, 0.29) is 18.5 Å². The van der Waals surface area contributed by atoms with Crippen LogP contribution in [0.3, 0.4) is 0 Å². The largest absolute Gasteiger partial charge is 0.395 e. The molecular weight excluding hydrogens is 473 g/mol. The first-order valence-corrected chi connectivity index (χ1v) is 12.7. The highest BCUT2D eigenvalue weighted by Gasteiger charge is 2.27. The number of imidazole rings is 1. The molecule has 6 rings (SSSR count). The number of piperazine rings is 1. The number of aliphatic hydroxyl groups excluding tert-OH is 1. The Hall–Kier alpha value is -3.60. The van der Waals surface area contributed by atoms with Gasteiger partial charge in [0.1, 0.15) is 23.1 Å². The predicted octanol–water partition coefficient (Wildman–Crippen LogP) is 2.62. The molecule has 192 valence electrons. The van der Waals surface area contributed by atoms with Gasteiger partial charge in [0.25, 0.3) is 0 Å². The molecule has 2 aliphatic rings. The van der Waals surface area contributed by atoms with Gasteiger partial charge in [-0.2, -0.15) is 0 Å². The third-order valence-corrected chi connectivity index (χ3v) is 7.11. The number of pyridine rings is 1. The maximum absolute atomic E-state index is 14.0. The lowest BCUT2D eigenvalue weighted by molar-refractivity contribution is 0.0935. The third-order valence-electron chi connectivity index (χ3n) is 7.11. The molecule has 10 heteroatoms. The zero-order valence-electron chi connectivity index (χ0n) is 20.6. The number of fused-ring (bicyclic) bond motifs is 1. The Kier molecular flexibility index (Phi) is 6.69. The summed E-state index contributed by atoms with van der Waals surface area (Å²) in [5.74, 6) is 1.44. The zero-order valence-corrected chi connectivity index (χ0v) is 20.6. The monoisotopic (exact) mass is 503 g/mol. The molecule has 0 bridgehead atoms. The number of aliphatic hydroxyl groups is 1. The average molecular weight is 504 g/mol. The van der Waals surface area contributed by atoms with E-state index in [1.807, 2.05) is 40.9 Å². The molecule has 0 aliphatic carbocycles. The van der Waals surface area contributed by atoms with Crippen molar-refractivity contribution in [1.29, 1.82) is 0 Å². The Morgan fingerprint density at radius 1 is 0.973 bits per heavy atom. The Morgan fingerprint density at radius 2 is 1.84 bits per heavy atom. The number of hydrogen-bond donors (Lipinski definition) is 1. The summed E-state index contributed by atoms with van der Waals surface area (Å²) >= 11 is 0. The molecule has 0 saturated carbocycles. The first-order valence-electron chi connectivity index (χ1n) is 12.7. The molecule has 1 atom stereocenters. The van der Waals surface area contributed by atoms with Crippen molar-refractivity contribution in [2.24, 2.45) is 0 Å². The summed E-state index contributed by atoms with van der Waals surface area (Å²) in [6, 6.07) is 16.5. The Bertz CT molecular complexity index is 1370. The minimum atomic E-state index is -0.260. The fourth-order valence-electron chi connectivity index (χ4n) is 5.14. The van der Waals surface area contributed by atoms with Gasteiger partial charge in [-0.05, 0) is 42.0 Å². The summed E-state index contributed by atoms with van der Waals surface area (Å²) in [4.78, 5) is 16.2. The van der Waals surface area contributed by atoms with E-state index in [1.54, 1.807) is 18.3 Å². The number of β-amino-alcohol motifs (C(OH)–C–C–N with tert-alkyl or cyclic N) is 1. The van der Waals surface area contributed by atoms with Crippen LogP contribution in [0.15, 0.2) is 60.8 Å². The first kappa shape index (κ1) is 23.8. The Balaban J connectivity index is 1.30. The smallest absolute Gasteiger partial charge is 0.154 e. The molecule has 37 heavy (non-hydrogen) atoms. The molecule has 2 saturated heterocycles. The van der Waals surface area contributed by atoms with E-state index >= 15 is 0 Å². The number of ether oxygens (including phenoxy) is 1. The predicted molar refractivity (Wildman–Crippen MR) is 139 cm³/mol. The third kappa shape index (κ3) is 4.87. The molecule has 1 unspecified atom stereocenters. The Labute approximate surface area is 214 Å². The number of anilines is 2. The van der Waals surface area contributed by atoms with Crippen LogP contribution in [0.4, 0.5) is 16.0 Å². The number of rotatable bonds is 6. The molecule has 0 amide bonds. The highest BCUT2D eigenvalue weighted by molar-refractivity contribution is 5.62. The second-order valence-corrected chi connectivity index (χ2v) is 9.38. The van der Waals surface area contributed by atoms with Gasteiger partial charge in [-0.3, -0.25) is 4.90 Å². The highest BCUT2D eigenvalue weighted by Crippen LogP contribution is 2.30. The summed E-state index contributed by atoms with van der Waals surface area (Å²) in [5.41, 5.74) is 3.21. The quantitative estimate of drug-likeness (QED) is 0.430. The fourth-order valence-corrected chi connectivity index (χ4v) is 5.14. The molecule has 5 heterocycles. The van der Waals surface area contributed by atoms with Crippen molar-refractivity contribution in [3.8, 4) is 11.4 Å². The summed E-state index contributed by atoms with van der Waals surface area (Å²) in [6.45, 7) is 6.13. The van der Waals surface area contributed by atoms with Crippen molar-refractivity contribution in [3.05, 3.63) is 72.2 Å². The van der Waals surface area contributed by atoms with Crippen LogP contribution in [0.2, 0.25) is 0 Å². The van der Waals surface area contributed by atoms with Crippen molar-refractivity contribution < 1.29 is 14.2 Å². The van der Waals surface area contributed by atoms with Crippen LogP contribution in [-0.2, 0) is 4.74 Å². The van der Waals surface area contributed by atoms with Crippen molar-refractivity contribution in [2.45, 2.75) is 6.04 Å². The normalized spacial score (nSPS) is 19.0. The second kappa shape index (κ2) is 10.4. The van der Waals surface area contributed by atoms with Crippen molar-refractivity contribution in [3.63, 3.8) is 0 Å². The maximum Gasteiger partial charge on any atom is 0.154 e. The minimum Gasteiger partial charge on any atom is -0.395 e. The second-order valence-electron chi connectivity index (χ2n) is 9.38. The van der Waals surface area contributed by atoms with E-state index in [1.165, 1.54) is 6.07 Å². The molecule has 0 spiro atoms. The van der Waals surface area contributed by atoms with E-state index in [2.05, 4.69) is 19.7 Å². The minimum absolute atomic E-state index is 0.132. The van der Waals surface area contributed by atoms with E-state index in [4.69, 9.17) is 14.8 Å². The van der Waals surface area contributed by atoms with Crippen LogP contribution in [0.25, 0.3) is 17.0 Å². The summed E-state index contributed by atoms with van der Waals surface area (Å²) in [6.07, 6.45) is 1.81. The number of benzene rings is 1. The lowest BCUT2D eigenvalue weighted by Gasteiger charge is -2.36. The first-order chi connectivity index (χ1) is 18.2. The van der Waals surface area contributed by atoms with Crippen molar-refractivity contribution >= 4 is 17.3 Å². The number of hydrogen-bond acceptors (Lipinski definition) is 8. The van der Waals surface area contributed by atoms with Crippen molar-refractivity contribution in [1.82, 2.24) is 24.5 Å². The van der Waals surface area contributed by atoms with Crippen molar-refractivity contribution in [2.75, 3.05) is 68.9 Å². The van der Waals surface area contributed by atoms with Gasteiger partial charge in [-0.15, -0.1) is 5.10 Å². The number of nitrogens with zero attached hydrogens (tertiary/aromatic N) is 7. The molecule has 1 aromatic carbocycles. The molecule has 4 aromatic rings. The van der Waals surface area contributed by atoms with Gasteiger partial charge < -0.3 is 19.6 Å². The van der Waals surface area contributed by atoms with Gasteiger partial charge in [0.2, 0.25) is 0 Å². The van der Waals surface area contributed by atoms with Gasteiger partial charge in [0.05, 0.1) is 37.8 Å². The molecule has 2 aliphatic heterocycles. The fraction of sp³-hybridized carbons (Fsp3) is 0.370. The lowest BCUT2D eigenvalue weighted by Crippen LogP contribution is -2.47. The lowest BCUT2D eigenvalue weighted by atomic mass is 10.0. The van der Waals surface area contributed by atoms with E-state index in [0.717, 1.165) is 60.4 Å².